The normalized spacial score (nSPS) is 11.4. The van der Waals surface area contributed by atoms with Gasteiger partial charge in [0.25, 0.3) is 5.91 Å². The van der Waals surface area contributed by atoms with Gasteiger partial charge in [0.1, 0.15) is 6.04 Å². The number of nitrogens with one attached hydrogen (secondary N) is 1. The van der Waals surface area contributed by atoms with Crippen molar-refractivity contribution in [1.29, 1.82) is 0 Å². The Morgan fingerprint density at radius 2 is 1.60 bits per heavy atom. The minimum Gasteiger partial charge on any atom is -0.490 e. The lowest BCUT2D eigenvalue weighted by Crippen LogP contribution is -2.44. The van der Waals surface area contributed by atoms with Crippen molar-refractivity contribution < 1.29 is 24.2 Å². The molecule has 0 saturated heterocycles. The maximum absolute atomic E-state index is 12.1. The lowest BCUT2D eigenvalue weighted by Gasteiger charge is -2.16. The van der Waals surface area contributed by atoms with Gasteiger partial charge in [0, 0.05) is 6.42 Å². The Morgan fingerprint density at radius 1 is 1.00 bits per heavy atom. The van der Waals surface area contributed by atoms with E-state index in [9.17, 15) is 14.7 Å². The van der Waals surface area contributed by atoms with E-state index >= 15 is 0 Å². The summed E-state index contributed by atoms with van der Waals surface area (Å²) in [5.74, 6) is -0.618. The van der Waals surface area contributed by atoms with Crippen LogP contribution in [0.5, 0.6) is 11.5 Å². The van der Waals surface area contributed by atoms with E-state index in [1.54, 1.807) is 24.3 Å². The highest BCUT2D eigenvalue weighted by Gasteiger charge is 2.20. The molecule has 0 radical (unpaired) electrons. The van der Waals surface area contributed by atoms with Crippen molar-refractivity contribution >= 4 is 11.9 Å². The minimum absolute atomic E-state index is 0.206. The first kappa shape index (κ1) is 18.3. The number of rotatable bonds is 9. The van der Waals surface area contributed by atoms with Crippen molar-refractivity contribution in [2.45, 2.75) is 19.4 Å². The molecule has 2 N–H and O–H groups in total. The van der Waals surface area contributed by atoms with Gasteiger partial charge in [-0.25, -0.2) is 4.79 Å². The molecule has 0 aliphatic rings. The molecule has 1 atom stereocenters. The zero-order chi connectivity index (χ0) is 18.1. The molecule has 0 spiro atoms. The van der Waals surface area contributed by atoms with Gasteiger partial charge in [-0.1, -0.05) is 42.5 Å². The molecule has 25 heavy (non-hydrogen) atoms. The molecule has 0 aliphatic heterocycles. The summed E-state index contributed by atoms with van der Waals surface area (Å²) in [5.41, 5.74) is 0.831. The maximum Gasteiger partial charge on any atom is 0.326 e. The van der Waals surface area contributed by atoms with Gasteiger partial charge < -0.3 is 19.9 Å². The van der Waals surface area contributed by atoms with Crippen LogP contribution in [-0.4, -0.2) is 36.2 Å². The molecule has 0 saturated carbocycles. The number of amides is 1. The maximum atomic E-state index is 12.1. The monoisotopic (exact) mass is 343 g/mol. The summed E-state index contributed by atoms with van der Waals surface area (Å²) in [5, 5.41) is 11.8. The molecule has 2 aromatic carbocycles. The van der Waals surface area contributed by atoms with Crippen LogP contribution >= 0.6 is 0 Å². The molecular formula is C19H21NO5. The largest absolute Gasteiger partial charge is 0.490 e. The number of carboxylic acids is 1. The lowest BCUT2D eigenvalue weighted by atomic mass is 10.1. The molecule has 2 aromatic rings. The van der Waals surface area contributed by atoms with Crippen molar-refractivity contribution in [3.63, 3.8) is 0 Å². The van der Waals surface area contributed by atoms with E-state index in [0.29, 0.717) is 18.1 Å². The van der Waals surface area contributed by atoms with E-state index in [1.165, 1.54) is 0 Å². The molecule has 0 aliphatic carbocycles. The molecule has 0 bridgehead atoms. The van der Waals surface area contributed by atoms with Crippen molar-refractivity contribution in [3.8, 4) is 11.5 Å². The fourth-order valence-electron chi connectivity index (χ4n) is 2.27. The molecule has 1 amide bonds. The van der Waals surface area contributed by atoms with E-state index in [-0.39, 0.29) is 13.0 Å². The summed E-state index contributed by atoms with van der Waals surface area (Å²) in [7, 11) is 0. The van der Waals surface area contributed by atoms with Crippen molar-refractivity contribution in [3.05, 3.63) is 60.2 Å². The molecule has 6 heteroatoms. The molecular weight excluding hydrogens is 322 g/mol. The van der Waals surface area contributed by atoms with Crippen LogP contribution < -0.4 is 14.8 Å². The summed E-state index contributed by atoms with van der Waals surface area (Å²) >= 11 is 0. The van der Waals surface area contributed by atoms with Crippen molar-refractivity contribution in [2.24, 2.45) is 0 Å². The Balaban J connectivity index is 1.92. The second-order valence-corrected chi connectivity index (χ2v) is 5.32. The third-order valence-electron chi connectivity index (χ3n) is 3.42. The first-order valence-electron chi connectivity index (χ1n) is 8.01. The SMILES string of the molecule is CCOc1ccccc1OCC(=O)N[C@@H](Cc1ccccc1)C(=O)O. The summed E-state index contributed by atoms with van der Waals surface area (Å²) in [6.07, 6.45) is 0.206. The number of hydrogen-bond acceptors (Lipinski definition) is 4. The number of carbonyl (C=O) groups is 2. The van der Waals surface area contributed by atoms with Gasteiger partial charge in [-0.05, 0) is 24.6 Å². The first-order valence-corrected chi connectivity index (χ1v) is 8.01. The Bertz CT molecular complexity index is 702. The Morgan fingerprint density at radius 3 is 2.20 bits per heavy atom. The molecule has 6 nitrogen and oxygen atoms in total. The number of aliphatic carboxylic acids is 1. The highest BCUT2D eigenvalue weighted by molar-refractivity contribution is 5.84. The summed E-state index contributed by atoms with van der Waals surface area (Å²) in [6.45, 7) is 2.04. The summed E-state index contributed by atoms with van der Waals surface area (Å²) < 4.78 is 10.9. The van der Waals surface area contributed by atoms with Crippen LogP contribution in [0.4, 0.5) is 0 Å². The van der Waals surface area contributed by atoms with Gasteiger partial charge in [0.15, 0.2) is 18.1 Å². The van der Waals surface area contributed by atoms with E-state index in [4.69, 9.17) is 9.47 Å². The molecule has 132 valence electrons. The van der Waals surface area contributed by atoms with Crippen LogP contribution in [0, 0.1) is 0 Å². The second-order valence-electron chi connectivity index (χ2n) is 5.32. The number of ether oxygens (including phenoxy) is 2. The number of benzene rings is 2. The highest BCUT2D eigenvalue weighted by Crippen LogP contribution is 2.26. The number of carbonyl (C=O) groups excluding carboxylic acids is 1. The van der Waals surface area contributed by atoms with Crippen LogP contribution in [-0.2, 0) is 16.0 Å². The Labute approximate surface area is 146 Å². The molecule has 0 aromatic heterocycles. The fraction of sp³-hybridized carbons (Fsp3) is 0.263. The number of carboxylic acid groups (broad SMARTS) is 1. The molecule has 0 heterocycles. The third kappa shape index (κ3) is 5.84. The van der Waals surface area contributed by atoms with Crippen LogP contribution in [0.15, 0.2) is 54.6 Å². The Hall–Kier alpha value is -3.02. The van der Waals surface area contributed by atoms with Gasteiger partial charge in [0.2, 0.25) is 0 Å². The van der Waals surface area contributed by atoms with Crippen molar-refractivity contribution in [1.82, 2.24) is 5.32 Å². The van der Waals surface area contributed by atoms with Crippen molar-refractivity contribution in [2.75, 3.05) is 13.2 Å². The minimum atomic E-state index is -1.09. The quantitative estimate of drug-likeness (QED) is 0.730. The van der Waals surface area contributed by atoms with Crippen LogP contribution in [0.2, 0.25) is 0 Å². The lowest BCUT2D eigenvalue weighted by molar-refractivity contribution is -0.142. The van der Waals surface area contributed by atoms with Gasteiger partial charge in [0.05, 0.1) is 6.61 Å². The molecule has 2 rings (SSSR count). The van der Waals surface area contributed by atoms with E-state index < -0.39 is 17.9 Å². The third-order valence-corrected chi connectivity index (χ3v) is 3.42. The van der Waals surface area contributed by atoms with Crippen LogP contribution in [0.1, 0.15) is 12.5 Å². The van der Waals surface area contributed by atoms with Gasteiger partial charge >= 0.3 is 5.97 Å². The van der Waals surface area contributed by atoms with E-state index in [0.717, 1.165) is 5.56 Å². The van der Waals surface area contributed by atoms with Gasteiger partial charge in [-0.2, -0.15) is 0 Å². The van der Waals surface area contributed by atoms with Gasteiger partial charge in [-0.3, -0.25) is 4.79 Å². The summed E-state index contributed by atoms with van der Waals surface area (Å²) in [6, 6.07) is 15.1. The van der Waals surface area contributed by atoms with Crippen LogP contribution in [0.3, 0.4) is 0 Å². The zero-order valence-electron chi connectivity index (χ0n) is 14.0. The topological polar surface area (TPSA) is 84.9 Å². The standard InChI is InChI=1S/C19H21NO5/c1-2-24-16-10-6-7-11-17(16)25-13-18(21)20-15(19(22)23)12-14-8-4-3-5-9-14/h3-11,15H,2,12-13H2,1H3,(H,20,21)(H,22,23)/t15-/m0/s1. The van der Waals surface area contributed by atoms with Gasteiger partial charge in [-0.15, -0.1) is 0 Å². The van der Waals surface area contributed by atoms with E-state index in [2.05, 4.69) is 5.32 Å². The fourth-order valence-corrected chi connectivity index (χ4v) is 2.27. The predicted octanol–water partition coefficient (Wildman–Crippen LogP) is 2.28. The number of para-hydroxylation sites is 2. The molecule has 0 unspecified atom stereocenters. The smallest absolute Gasteiger partial charge is 0.326 e. The predicted molar refractivity (Wildman–Crippen MR) is 92.8 cm³/mol. The highest BCUT2D eigenvalue weighted by atomic mass is 16.5. The number of hydrogen-bond donors (Lipinski definition) is 2. The first-order chi connectivity index (χ1) is 12.1. The average molecular weight is 343 g/mol. The van der Waals surface area contributed by atoms with E-state index in [1.807, 2.05) is 37.3 Å². The summed E-state index contributed by atoms with van der Waals surface area (Å²) in [4.78, 5) is 23.4. The second kappa shape index (κ2) is 9.32. The zero-order valence-corrected chi connectivity index (χ0v) is 14.0. The average Bonchev–Trinajstić information content (AvgIpc) is 2.61. The van der Waals surface area contributed by atoms with Crippen LogP contribution in [0.25, 0.3) is 0 Å². The molecule has 0 fully saturated rings. The Kier molecular flexibility index (Phi) is 6.83.